The molecule has 1 fully saturated rings. The van der Waals surface area contributed by atoms with Gasteiger partial charge in [0.05, 0.1) is 41.2 Å². The van der Waals surface area contributed by atoms with E-state index in [0.29, 0.717) is 28.2 Å². The topological polar surface area (TPSA) is 187 Å². The van der Waals surface area contributed by atoms with Crippen molar-refractivity contribution in [3.8, 4) is 28.3 Å². The van der Waals surface area contributed by atoms with E-state index in [1.54, 1.807) is 42.6 Å². The van der Waals surface area contributed by atoms with Crippen molar-refractivity contribution in [3.05, 3.63) is 65.0 Å². The minimum Gasteiger partial charge on any atom is -0.454 e. The molecule has 1 aliphatic heterocycles. The molecule has 0 aliphatic carbocycles. The molecule has 2 aromatic carbocycles. The predicted octanol–water partition coefficient (Wildman–Crippen LogP) is 1.21. The van der Waals surface area contributed by atoms with Crippen LogP contribution in [0.3, 0.4) is 0 Å². The van der Waals surface area contributed by atoms with Crippen LogP contribution < -0.4 is 10.2 Å². The molecule has 38 heavy (non-hydrogen) atoms. The third-order valence-electron chi connectivity index (χ3n) is 6.60. The first kappa shape index (κ1) is 24.3. The third-order valence-corrected chi connectivity index (χ3v) is 6.60. The zero-order chi connectivity index (χ0) is 26.6. The van der Waals surface area contributed by atoms with E-state index in [1.807, 2.05) is 6.92 Å². The zero-order valence-corrected chi connectivity index (χ0v) is 20.0. The van der Waals surface area contributed by atoms with Gasteiger partial charge in [0.15, 0.2) is 5.76 Å². The van der Waals surface area contributed by atoms with Gasteiger partial charge in [0.25, 0.3) is 0 Å². The van der Waals surface area contributed by atoms with Crippen molar-refractivity contribution in [1.82, 2.24) is 19.9 Å². The fraction of sp³-hybridized carbons (Fsp3) is 0.269. The molecule has 196 valence electrons. The Hall–Kier alpha value is -4.07. The van der Waals surface area contributed by atoms with Crippen molar-refractivity contribution in [1.29, 1.82) is 0 Å². The second-order valence-electron chi connectivity index (χ2n) is 9.13. The number of aryl methyl sites for hydroxylation is 1. The molecule has 3 aromatic heterocycles. The van der Waals surface area contributed by atoms with Gasteiger partial charge < -0.3 is 44.3 Å². The molecular weight excluding hydrogens is 496 g/mol. The van der Waals surface area contributed by atoms with Crippen LogP contribution in [0, 0.1) is 6.92 Å². The number of imidazole rings is 2. The minimum absolute atomic E-state index is 0.0582. The average molecular weight is 520 g/mol. The lowest BCUT2D eigenvalue weighted by Crippen LogP contribution is -2.60. The average Bonchev–Trinajstić information content (AvgIpc) is 3.59. The second kappa shape index (κ2) is 9.35. The quantitative estimate of drug-likeness (QED) is 0.197. The van der Waals surface area contributed by atoms with Gasteiger partial charge in [-0.25, -0.2) is 9.97 Å². The van der Waals surface area contributed by atoms with E-state index < -0.39 is 42.7 Å². The van der Waals surface area contributed by atoms with Crippen molar-refractivity contribution < 1.29 is 34.3 Å². The van der Waals surface area contributed by atoms with Crippen LogP contribution in [-0.2, 0) is 4.74 Å². The highest BCUT2D eigenvalue weighted by molar-refractivity contribution is 5.88. The van der Waals surface area contributed by atoms with Gasteiger partial charge in [-0.15, -0.1) is 0 Å². The standard InChI is InChI=1S/C26H24N4O8/c1-11-29-15-4-2-13(7-16(15)30-11)24-25(38-26-23(35)22(34)21(33)19(9-31)37-26)20(32)14-6-12(3-5-18(14)36-24)17-8-27-10-28-17/h2-8,10,19,21-23,26,31,33-35H,9H2,1H3,(H,27,28)(H,29,30). The van der Waals surface area contributed by atoms with Crippen molar-refractivity contribution >= 4 is 22.0 Å². The molecule has 0 saturated carbocycles. The first-order valence-corrected chi connectivity index (χ1v) is 11.9. The van der Waals surface area contributed by atoms with Crippen LogP contribution in [0.15, 0.2) is 58.1 Å². The van der Waals surface area contributed by atoms with E-state index in [-0.39, 0.29) is 22.5 Å². The molecule has 0 bridgehead atoms. The van der Waals surface area contributed by atoms with Crippen LogP contribution in [0.2, 0.25) is 0 Å². The highest BCUT2D eigenvalue weighted by Crippen LogP contribution is 2.35. The van der Waals surface area contributed by atoms with Crippen LogP contribution >= 0.6 is 0 Å². The monoisotopic (exact) mass is 520 g/mol. The number of aliphatic hydroxyl groups is 4. The Balaban J connectivity index is 1.52. The number of benzene rings is 2. The summed E-state index contributed by atoms with van der Waals surface area (Å²) in [5.41, 5.74) is 3.01. The minimum atomic E-state index is -1.72. The van der Waals surface area contributed by atoms with E-state index in [9.17, 15) is 25.2 Å². The molecule has 5 atom stereocenters. The van der Waals surface area contributed by atoms with E-state index in [1.165, 1.54) is 6.33 Å². The highest BCUT2D eigenvalue weighted by atomic mass is 16.7. The molecule has 0 spiro atoms. The number of fused-ring (bicyclic) bond motifs is 2. The summed E-state index contributed by atoms with van der Waals surface area (Å²) in [4.78, 5) is 28.4. The summed E-state index contributed by atoms with van der Waals surface area (Å²) in [5, 5.41) is 40.7. The molecule has 4 heterocycles. The molecule has 0 radical (unpaired) electrons. The molecule has 6 rings (SSSR count). The Bertz CT molecular complexity index is 1680. The fourth-order valence-corrected chi connectivity index (χ4v) is 4.62. The molecule has 0 amide bonds. The van der Waals surface area contributed by atoms with E-state index >= 15 is 0 Å². The summed E-state index contributed by atoms with van der Waals surface area (Å²) in [6, 6.07) is 10.3. The fourth-order valence-electron chi connectivity index (χ4n) is 4.62. The third kappa shape index (κ3) is 4.04. The maximum Gasteiger partial charge on any atom is 0.235 e. The number of nitrogens with one attached hydrogen (secondary N) is 2. The second-order valence-corrected chi connectivity index (χ2v) is 9.13. The van der Waals surface area contributed by atoms with Crippen LogP contribution in [-0.4, -0.2) is 77.7 Å². The van der Waals surface area contributed by atoms with Crippen molar-refractivity contribution in [3.63, 3.8) is 0 Å². The van der Waals surface area contributed by atoms with Gasteiger partial charge in [-0.2, -0.15) is 0 Å². The number of hydrogen-bond acceptors (Lipinski definition) is 10. The Labute approximate surface area is 214 Å². The van der Waals surface area contributed by atoms with Crippen LogP contribution in [0.1, 0.15) is 5.82 Å². The summed E-state index contributed by atoms with van der Waals surface area (Å²) in [7, 11) is 0. The number of hydrogen-bond donors (Lipinski definition) is 6. The molecule has 6 N–H and O–H groups in total. The van der Waals surface area contributed by atoms with E-state index in [0.717, 1.165) is 5.52 Å². The molecule has 1 saturated heterocycles. The van der Waals surface area contributed by atoms with Gasteiger partial charge in [0, 0.05) is 11.1 Å². The Morgan fingerprint density at radius 1 is 1.05 bits per heavy atom. The Kier molecular flexibility index (Phi) is 5.97. The Morgan fingerprint density at radius 2 is 1.87 bits per heavy atom. The SMILES string of the molecule is Cc1nc2ccc(-c3oc4ccc(-c5cnc[nH]5)cc4c(=O)c3OC3OC(CO)C(O)C(O)C3O)cc2[nH]1. The normalized spacial score (nSPS) is 23.8. The van der Waals surface area contributed by atoms with Gasteiger partial charge in [-0.3, -0.25) is 4.79 Å². The maximum absolute atomic E-state index is 13.9. The number of rotatable bonds is 5. The molecule has 12 heteroatoms. The number of aromatic amines is 2. The molecule has 12 nitrogen and oxygen atoms in total. The lowest BCUT2D eigenvalue weighted by molar-refractivity contribution is -0.277. The smallest absolute Gasteiger partial charge is 0.235 e. The maximum atomic E-state index is 13.9. The lowest BCUT2D eigenvalue weighted by atomic mass is 9.99. The van der Waals surface area contributed by atoms with Gasteiger partial charge in [0.1, 0.15) is 35.8 Å². The molecule has 1 aliphatic rings. The van der Waals surface area contributed by atoms with Gasteiger partial charge >= 0.3 is 0 Å². The Morgan fingerprint density at radius 3 is 2.63 bits per heavy atom. The number of aromatic nitrogens is 4. The largest absolute Gasteiger partial charge is 0.454 e. The first-order valence-electron chi connectivity index (χ1n) is 11.9. The van der Waals surface area contributed by atoms with E-state index in [2.05, 4.69) is 19.9 Å². The number of nitrogens with zero attached hydrogens (tertiary/aromatic N) is 2. The van der Waals surface area contributed by atoms with Crippen molar-refractivity contribution in [2.45, 2.75) is 37.6 Å². The van der Waals surface area contributed by atoms with Crippen molar-refractivity contribution in [2.24, 2.45) is 0 Å². The molecule has 5 unspecified atom stereocenters. The molecular formula is C26H24N4O8. The summed E-state index contributed by atoms with van der Waals surface area (Å²) in [6.45, 7) is 1.17. The predicted molar refractivity (Wildman–Crippen MR) is 134 cm³/mol. The van der Waals surface area contributed by atoms with Crippen LogP contribution in [0.25, 0.3) is 44.6 Å². The van der Waals surface area contributed by atoms with Crippen LogP contribution in [0.5, 0.6) is 5.75 Å². The number of aliphatic hydroxyl groups excluding tert-OH is 4. The number of ether oxygens (including phenoxy) is 2. The summed E-state index contributed by atoms with van der Waals surface area (Å²) < 4.78 is 17.6. The van der Waals surface area contributed by atoms with Gasteiger partial charge in [-0.1, -0.05) is 0 Å². The molecule has 5 aromatic rings. The van der Waals surface area contributed by atoms with Crippen LogP contribution in [0.4, 0.5) is 0 Å². The van der Waals surface area contributed by atoms with Gasteiger partial charge in [0.2, 0.25) is 17.5 Å². The van der Waals surface area contributed by atoms with E-state index in [4.69, 9.17) is 13.9 Å². The highest BCUT2D eigenvalue weighted by Gasteiger charge is 2.45. The number of H-pyrrole nitrogens is 2. The zero-order valence-electron chi connectivity index (χ0n) is 20.0. The summed E-state index contributed by atoms with van der Waals surface area (Å²) >= 11 is 0. The summed E-state index contributed by atoms with van der Waals surface area (Å²) in [5.74, 6) is 0.489. The summed E-state index contributed by atoms with van der Waals surface area (Å²) in [6.07, 6.45) is -4.64. The lowest BCUT2D eigenvalue weighted by Gasteiger charge is -2.39. The van der Waals surface area contributed by atoms with Gasteiger partial charge in [-0.05, 0) is 43.3 Å². The van der Waals surface area contributed by atoms with Crippen molar-refractivity contribution in [2.75, 3.05) is 6.61 Å². The first-order chi connectivity index (χ1) is 18.3.